The quantitative estimate of drug-likeness (QED) is 0.756. The van der Waals surface area contributed by atoms with Crippen molar-refractivity contribution in [3.63, 3.8) is 0 Å². The van der Waals surface area contributed by atoms with Crippen LogP contribution in [-0.4, -0.2) is 30.6 Å². The van der Waals surface area contributed by atoms with Gasteiger partial charge in [0.2, 0.25) is 0 Å². The van der Waals surface area contributed by atoms with Crippen molar-refractivity contribution < 1.29 is 19.4 Å². The Morgan fingerprint density at radius 1 is 1.29 bits per heavy atom. The second-order valence-electron chi connectivity index (χ2n) is 3.38. The lowest BCUT2D eigenvalue weighted by Gasteiger charge is -2.07. The van der Waals surface area contributed by atoms with E-state index in [0.717, 1.165) is 0 Å². The summed E-state index contributed by atoms with van der Waals surface area (Å²) in [5.74, 6) is -0.821. The molecular formula is C12H15NO4. The fraction of sp³-hybridized carbons (Fsp3) is 0.333. The number of carbonyl (C=O) groups is 2. The van der Waals surface area contributed by atoms with E-state index in [-0.39, 0.29) is 24.7 Å². The Morgan fingerprint density at radius 2 is 1.94 bits per heavy atom. The molecule has 0 saturated heterocycles. The number of esters is 1. The van der Waals surface area contributed by atoms with Crippen LogP contribution in [0.25, 0.3) is 0 Å². The van der Waals surface area contributed by atoms with Crippen LogP contribution in [0.5, 0.6) is 0 Å². The number of hydrogen-bond donors (Lipinski definition) is 2. The molecule has 0 atom stereocenters. The highest BCUT2D eigenvalue weighted by Crippen LogP contribution is 2.12. The van der Waals surface area contributed by atoms with E-state index >= 15 is 0 Å². The summed E-state index contributed by atoms with van der Waals surface area (Å²) in [6, 6.07) is 4.47. The Labute approximate surface area is 99.4 Å². The molecule has 0 fully saturated rings. The summed E-state index contributed by atoms with van der Waals surface area (Å²) in [5, 5.41) is 11.5. The van der Waals surface area contributed by atoms with Crippen molar-refractivity contribution in [2.24, 2.45) is 0 Å². The highest BCUT2D eigenvalue weighted by molar-refractivity contribution is 5.98. The van der Waals surface area contributed by atoms with Crippen LogP contribution in [0.4, 0.5) is 0 Å². The van der Waals surface area contributed by atoms with Crippen molar-refractivity contribution >= 4 is 11.9 Å². The summed E-state index contributed by atoms with van der Waals surface area (Å²) in [6.45, 7) is 1.72. The molecule has 1 aromatic carbocycles. The van der Waals surface area contributed by atoms with Crippen molar-refractivity contribution in [2.75, 3.05) is 13.7 Å². The van der Waals surface area contributed by atoms with E-state index in [1.54, 1.807) is 6.92 Å². The van der Waals surface area contributed by atoms with E-state index in [9.17, 15) is 9.59 Å². The SMILES string of the molecule is CCOC(=O)c1cc(CO)cc(C(=O)NC)c1. The lowest BCUT2D eigenvalue weighted by molar-refractivity contribution is 0.0526. The molecule has 0 radical (unpaired) electrons. The minimum atomic E-state index is -0.507. The third-order valence-electron chi connectivity index (χ3n) is 2.18. The highest BCUT2D eigenvalue weighted by atomic mass is 16.5. The second kappa shape index (κ2) is 6.00. The number of amides is 1. The van der Waals surface area contributed by atoms with Gasteiger partial charge in [-0.25, -0.2) is 4.79 Å². The normalized spacial score (nSPS) is 9.82. The molecule has 0 unspecified atom stereocenters. The van der Waals surface area contributed by atoms with E-state index in [2.05, 4.69) is 5.32 Å². The summed E-state index contributed by atoms with van der Waals surface area (Å²) in [7, 11) is 1.50. The first-order valence-corrected chi connectivity index (χ1v) is 5.26. The maximum Gasteiger partial charge on any atom is 0.338 e. The molecule has 2 N–H and O–H groups in total. The van der Waals surface area contributed by atoms with E-state index in [1.807, 2.05) is 0 Å². The first-order valence-electron chi connectivity index (χ1n) is 5.26. The van der Waals surface area contributed by atoms with Crippen LogP contribution in [0.2, 0.25) is 0 Å². The van der Waals surface area contributed by atoms with Gasteiger partial charge >= 0.3 is 5.97 Å². The van der Waals surface area contributed by atoms with Crippen LogP contribution >= 0.6 is 0 Å². The zero-order valence-corrected chi connectivity index (χ0v) is 9.82. The molecule has 0 aliphatic rings. The number of aliphatic hydroxyl groups is 1. The van der Waals surface area contributed by atoms with Gasteiger partial charge in [-0.05, 0) is 30.7 Å². The molecule has 0 spiro atoms. The molecule has 1 aromatic rings. The van der Waals surface area contributed by atoms with E-state index < -0.39 is 5.97 Å². The zero-order valence-electron chi connectivity index (χ0n) is 9.82. The molecule has 0 aromatic heterocycles. The Hall–Kier alpha value is -1.88. The van der Waals surface area contributed by atoms with Crippen molar-refractivity contribution in [1.82, 2.24) is 5.32 Å². The molecule has 17 heavy (non-hydrogen) atoms. The number of benzene rings is 1. The van der Waals surface area contributed by atoms with Crippen molar-refractivity contribution in [3.05, 3.63) is 34.9 Å². The fourth-order valence-electron chi connectivity index (χ4n) is 1.39. The van der Waals surface area contributed by atoms with Crippen LogP contribution < -0.4 is 5.32 Å². The Morgan fingerprint density at radius 3 is 2.47 bits per heavy atom. The smallest absolute Gasteiger partial charge is 0.338 e. The van der Waals surface area contributed by atoms with Crippen molar-refractivity contribution in [2.45, 2.75) is 13.5 Å². The summed E-state index contributed by atoms with van der Waals surface area (Å²) < 4.78 is 4.84. The molecule has 0 aliphatic heterocycles. The lowest BCUT2D eigenvalue weighted by Crippen LogP contribution is -2.19. The fourth-order valence-corrected chi connectivity index (χ4v) is 1.39. The monoisotopic (exact) mass is 237 g/mol. The number of aliphatic hydroxyl groups excluding tert-OH is 1. The van der Waals surface area contributed by atoms with Crippen LogP contribution in [0.3, 0.4) is 0 Å². The number of nitrogens with one attached hydrogen (secondary N) is 1. The Balaban J connectivity index is 3.13. The van der Waals surface area contributed by atoms with Gasteiger partial charge < -0.3 is 15.2 Å². The summed E-state index contributed by atoms with van der Waals surface area (Å²) >= 11 is 0. The number of rotatable bonds is 4. The first-order chi connectivity index (χ1) is 8.12. The predicted octanol–water partition coefficient (Wildman–Crippen LogP) is 0.715. The minimum Gasteiger partial charge on any atom is -0.462 e. The number of carbonyl (C=O) groups excluding carboxylic acids is 2. The van der Waals surface area contributed by atoms with Crippen molar-refractivity contribution in [3.8, 4) is 0 Å². The maximum absolute atomic E-state index is 11.5. The van der Waals surface area contributed by atoms with Gasteiger partial charge in [0.05, 0.1) is 18.8 Å². The van der Waals surface area contributed by atoms with Gasteiger partial charge in [0.25, 0.3) is 5.91 Å². The Kier molecular flexibility index (Phi) is 4.66. The van der Waals surface area contributed by atoms with E-state index in [4.69, 9.17) is 9.84 Å². The number of hydrogen-bond acceptors (Lipinski definition) is 4. The van der Waals surface area contributed by atoms with Gasteiger partial charge in [0.15, 0.2) is 0 Å². The van der Waals surface area contributed by atoms with Gasteiger partial charge in [-0.1, -0.05) is 0 Å². The summed E-state index contributed by atoms with van der Waals surface area (Å²) in [6.07, 6.45) is 0. The third kappa shape index (κ3) is 3.29. The minimum absolute atomic E-state index is 0.239. The predicted molar refractivity (Wildman–Crippen MR) is 61.7 cm³/mol. The van der Waals surface area contributed by atoms with E-state index in [1.165, 1.54) is 25.2 Å². The first kappa shape index (κ1) is 13.2. The largest absolute Gasteiger partial charge is 0.462 e. The van der Waals surface area contributed by atoms with E-state index in [0.29, 0.717) is 11.1 Å². The lowest BCUT2D eigenvalue weighted by atomic mass is 10.1. The molecule has 5 nitrogen and oxygen atoms in total. The molecule has 0 heterocycles. The van der Waals surface area contributed by atoms with Crippen LogP contribution in [0.1, 0.15) is 33.2 Å². The Bertz CT molecular complexity index is 429. The zero-order chi connectivity index (χ0) is 12.8. The number of ether oxygens (including phenoxy) is 1. The van der Waals surface area contributed by atoms with Gasteiger partial charge in [-0.15, -0.1) is 0 Å². The van der Waals surface area contributed by atoms with Gasteiger partial charge in [-0.2, -0.15) is 0 Å². The molecule has 1 rings (SSSR count). The summed E-state index contributed by atoms with van der Waals surface area (Å²) in [5.41, 5.74) is 1.08. The second-order valence-corrected chi connectivity index (χ2v) is 3.38. The van der Waals surface area contributed by atoms with Crippen LogP contribution in [-0.2, 0) is 11.3 Å². The highest BCUT2D eigenvalue weighted by Gasteiger charge is 2.12. The van der Waals surface area contributed by atoms with Crippen LogP contribution in [0.15, 0.2) is 18.2 Å². The maximum atomic E-state index is 11.5. The van der Waals surface area contributed by atoms with Gasteiger partial charge in [0, 0.05) is 12.6 Å². The molecule has 5 heteroatoms. The standard InChI is InChI=1S/C12H15NO4/c1-3-17-12(16)10-5-8(7-14)4-9(6-10)11(15)13-2/h4-6,14H,3,7H2,1-2H3,(H,13,15). The third-order valence-corrected chi connectivity index (χ3v) is 2.18. The average molecular weight is 237 g/mol. The van der Waals surface area contributed by atoms with Gasteiger partial charge in [0.1, 0.15) is 0 Å². The van der Waals surface area contributed by atoms with Crippen LogP contribution in [0, 0.1) is 0 Å². The van der Waals surface area contributed by atoms with Gasteiger partial charge in [-0.3, -0.25) is 4.79 Å². The molecule has 92 valence electrons. The average Bonchev–Trinajstić information content (AvgIpc) is 2.37. The molecule has 1 amide bonds. The molecule has 0 aliphatic carbocycles. The summed E-state index contributed by atoms with van der Waals surface area (Å²) in [4.78, 5) is 23.0. The molecule has 0 saturated carbocycles. The van der Waals surface area contributed by atoms with Crippen molar-refractivity contribution in [1.29, 1.82) is 0 Å². The molecular weight excluding hydrogens is 222 g/mol. The molecule has 0 bridgehead atoms. The topological polar surface area (TPSA) is 75.6 Å².